The van der Waals surface area contributed by atoms with E-state index in [1.54, 1.807) is 0 Å². The molecule has 0 saturated carbocycles. The average molecular weight is 234 g/mol. The molecule has 0 aromatic carbocycles. The Morgan fingerprint density at radius 3 is 2.75 bits per heavy atom. The van der Waals surface area contributed by atoms with Crippen LogP contribution in [0.2, 0.25) is 0 Å². The highest BCUT2D eigenvalue weighted by molar-refractivity contribution is 5.91. The second kappa shape index (κ2) is 5.04. The number of carbonyl (C=O) groups excluding carboxylic acids is 1. The number of hydrogen-bond donors (Lipinski definition) is 3. The second-order valence-electron chi connectivity index (χ2n) is 3.17. The van der Waals surface area contributed by atoms with Crippen LogP contribution in [0.5, 0.6) is 0 Å². The lowest BCUT2D eigenvalue weighted by atomic mass is 10.3. The fourth-order valence-corrected chi connectivity index (χ4v) is 0.962. The van der Waals surface area contributed by atoms with Crippen LogP contribution < -0.4 is 11.1 Å². The first kappa shape index (κ1) is 12.6. The summed E-state index contributed by atoms with van der Waals surface area (Å²) in [5, 5.41) is 10.2. The Labute approximate surface area is 90.2 Å². The van der Waals surface area contributed by atoms with Crippen LogP contribution in [0.3, 0.4) is 0 Å². The van der Waals surface area contributed by atoms with E-state index < -0.39 is 25.0 Å². The van der Waals surface area contributed by atoms with Crippen LogP contribution in [0.15, 0.2) is 16.5 Å². The molecule has 0 aliphatic carbocycles. The van der Waals surface area contributed by atoms with Gasteiger partial charge in [-0.3, -0.25) is 4.79 Å². The van der Waals surface area contributed by atoms with Crippen LogP contribution in [-0.4, -0.2) is 30.1 Å². The Morgan fingerprint density at radius 1 is 1.56 bits per heavy atom. The smallest absolute Gasteiger partial charge is 0.287 e. The molecule has 5 nitrogen and oxygen atoms in total. The summed E-state index contributed by atoms with van der Waals surface area (Å²) in [6.07, 6.45) is 0. The van der Waals surface area contributed by atoms with Gasteiger partial charge in [0.25, 0.3) is 11.8 Å². The molecule has 1 aromatic rings. The van der Waals surface area contributed by atoms with Gasteiger partial charge < -0.3 is 20.6 Å². The summed E-state index contributed by atoms with van der Waals surface area (Å²) >= 11 is 0. The molecule has 4 N–H and O–H groups in total. The minimum absolute atomic E-state index is 0.0887. The van der Waals surface area contributed by atoms with Gasteiger partial charge in [0, 0.05) is 0 Å². The van der Waals surface area contributed by atoms with Crippen LogP contribution in [0.4, 0.5) is 8.78 Å². The highest BCUT2D eigenvalue weighted by atomic mass is 19.3. The molecule has 0 spiro atoms. The number of nitrogens with one attached hydrogen (secondary N) is 1. The first-order chi connectivity index (χ1) is 7.48. The van der Waals surface area contributed by atoms with Crippen LogP contribution in [0.25, 0.3) is 0 Å². The third kappa shape index (κ3) is 3.28. The highest BCUT2D eigenvalue weighted by Gasteiger charge is 2.28. The minimum atomic E-state index is -3.33. The predicted octanol–water partition coefficient (Wildman–Crippen LogP) is 0.0957. The number of aliphatic hydroxyl groups is 1. The quantitative estimate of drug-likeness (QED) is 0.674. The lowest BCUT2D eigenvalue weighted by molar-refractivity contribution is -0.0463. The van der Waals surface area contributed by atoms with Crippen molar-refractivity contribution in [2.45, 2.75) is 12.5 Å². The minimum Gasteiger partial charge on any atom is -0.455 e. The fourth-order valence-electron chi connectivity index (χ4n) is 0.962. The monoisotopic (exact) mass is 234 g/mol. The van der Waals surface area contributed by atoms with E-state index >= 15 is 0 Å². The van der Waals surface area contributed by atoms with Gasteiger partial charge >= 0.3 is 0 Å². The Balaban J connectivity index is 2.53. The van der Waals surface area contributed by atoms with E-state index in [1.807, 2.05) is 5.32 Å². The Morgan fingerprint density at radius 2 is 2.25 bits per heavy atom. The lowest BCUT2D eigenvalue weighted by Gasteiger charge is -2.12. The van der Waals surface area contributed by atoms with Crippen molar-refractivity contribution in [3.8, 4) is 0 Å². The van der Waals surface area contributed by atoms with Gasteiger partial charge in [-0.25, -0.2) is 8.78 Å². The maximum absolute atomic E-state index is 12.6. The number of aliphatic hydroxyl groups excluding tert-OH is 1. The number of alkyl halides is 2. The number of rotatable bonds is 5. The molecule has 1 rings (SSSR count). The topological polar surface area (TPSA) is 88.5 Å². The van der Waals surface area contributed by atoms with Crippen molar-refractivity contribution in [1.29, 1.82) is 0 Å². The molecule has 1 heterocycles. The molecule has 0 bridgehead atoms. The summed E-state index contributed by atoms with van der Waals surface area (Å²) in [6.45, 7) is -2.14. The van der Waals surface area contributed by atoms with E-state index in [9.17, 15) is 13.6 Å². The number of amides is 1. The van der Waals surface area contributed by atoms with E-state index in [4.69, 9.17) is 15.3 Å². The molecular weight excluding hydrogens is 222 g/mol. The molecule has 1 aromatic heterocycles. The third-order valence-corrected chi connectivity index (χ3v) is 1.83. The van der Waals surface area contributed by atoms with E-state index in [-0.39, 0.29) is 12.3 Å². The predicted molar refractivity (Wildman–Crippen MR) is 51.0 cm³/mol. The zero-order valence-electron chi connectivity index (χ0n) is 8.37. The van der Waals surface area contributed by atoms with Crippen LogP contribution in [-0.2, 0) is 6.54 Å². The molecule has 1 amide bonds. The zero-order chi connectivity index (χ0) is 12.2. The maximum atomic E-state index is 12.6. The van der Waals surface area contributed by atoms with Crippen molar-refractivity contribution in [2.24, 2.45) is 5.73 Å². The molecular formula is C9H12F2N2O3. The number of furan rings is 1. The van der Waals surface area contributed by atoms with Crippen molar-refractivity contribution >= 4 is 5.91 Å². The van der Waals surface area contributed by atoms with Crippen molar-refractivity contribution in [1.82, 2.24) is 5.32 Å². The molecule has 90 valence electrons. The molecule has 0 unspecified atom stereocenters. The van der Waals surface area contributed by atoms with Gasteiger partial charge in [-0.1, -0.05) is 0 Å². The van der Waals surface area contributed by atoms with Gasteiger partial charge in [0.05, 0.1) is 13.1 Å². The normalized spacial score (nSPS) is 11.5. The lowest BCUT2D eigenvalue weighted by Crippen LogP contribution is -2.38. The van der Waals surface area contributed by atoms with E-state index in [0.29, 0.717) is 5.76 Å². The van der Waals surface area contributed by atoms with Crippen molar-refractivity contribution in [3.05, 3.63) is 23.7 Å². The number of carbonyl (C=O) groups is 1. The fraction of sp³-hybridized carbons (Fsp3) is 0.444. The summed E-state index contributed by atoms with van der Waals surface area (Å²) in [5.74, 6) is -3.81. The molecule has 0 aliphatic heterocycles. The largest absolute Gasteiger partial charge is 0.455 e. The molecule has 0 atom stereocenters. The average Bonchev–Trinajstić information content (AvgIpc) is 2.74. The van der Waals surface area contributed by atoms with E-state index in [0.717, 1.165) is 0 Å². The molecule has 0 aliphatic rings. The molecule has 7 heteroatoms. The van der Waals surface area contributed by atoms with Gasteiger partial charge in [0.1, 0.15) is 12.4 Å². The standard InChI is InChI=1S/C9H12F2N2O3/c10-9(11,5-14)4-13-8(15)7-2-1-6(3-12)16-7/h1-2,14H,3-5,12H2,(H,13,15). The molecule has 0 radical (unpaired) electrons. The summed E-state index contributed by atoms with van der Waals surface area (Å²) in [5.41, 5.74) is 5.25. The number of hydrogen-bond acceptors (Lipinski definition) is 4. The van der Waals surface area contributed by atoms with Crippen molar-refractivity contribution in [2.75, 3.05) is 13.2 Å². The molecule has 16 heavy (non-hydrogen) atoms. The van der Waals surface area contributed by atoms with Gasteiger partial charge in [-0.2, -0.15) is 0 Å². The van der Waals surface area contributed by atoms with Gasteiger partial charge in [-0.05, 0) is 12.1 Å². The van der Waals surface area contributed by atoms with Crippen LogP contribution in [0.1, 0.15) is 16.3 Å². The Hall–Kier alpha value is -1.47. The second-order valence-corrected chi connectivity index (χ2v) is 3.17. The van der Waals surface area contributed by atoms with E-state index in [2.05, 4.69) is 0 Å². The van der Waals surface area contributed by atoms with Crippen LogP contribution >= 0.6 is 0 Å². The van der Waals surface area contributed by atoms with Gasteiger partial charge in [-0.15, -0.1) is 0 Å². The maximum Gasteiger partial charge on any atom is 0.287 e. The summed E-state index contributed by atoms with van der Waals surface area (Å²) < 4.78 is 30.1. The summed E-state index contributed by atoms with van der Waals surface area (Å²) in [4.78, 5) is 11.3. The molecule has 0 fully saturated rings. The number of halogens is 2. The first-order valence-electron chi connectivity index (χ1n) is 4.54. The van der Waals surface area contributed by atoms with Gasteiger partial charge in [0.15, 0.2) is 5.76 Å². The third-order valence-electron chi connectivity index (χ3n) is 1.83. The Kier molecular flexibility index (Phi) is 3.97. The van der Waals surface area contributed by atoms with Crippen LogP contribution in [0, 0.1) is 0 Å². The Bertz CT molecular complexity index is 365. The molecule has 0 saturated heterocycles. The highest BCUT2D eigenvalue weighted by Crippen LogP contribution is 2.11. The van der Waals surface area contributed by atoms with E-state index in [1.165, 1.54) is 12.1 Å². The zero-order valence-corrected chi connectivity index (χ0v) is 8.37. The van der Waals surface area contributed by atoms with Crippen molar-refractivity contribution < 1.29 is 23.1 Å². The summed E-state index contributed by atoms with van der Waals surface area (Å²) in [7, 11) is 0. The van der Waals surface area contributed by atoms with Gasteiger partial charge in [0.2, 0.25) is 0 Å². The van der Waals surface area contributed by atoms with Crippen molar-refractivity contribution in [3.63, 3.8) is 0 Å². The number of nitrogens with two attached hydrogens (primary N) is 1. The SMILES string of the molecule is NCc1ccc(C(=O)NCC(F)(F)CO)o1. The summed E-state index contributed by atoms with van der Waals surface area (Å²) in [6, 6.07) is 2.83. The first-order valence-corrected chi connectivity index (χ1v) is 4.54.